The van der Waals surface area contributed by atoms with Crippen molar-refractivity contribution in [3.05, 3.63) is 53.2 Å². The summed E-state index contributed by atoms with van der Waals surface area (Å²) in [5.41, 5.74) is 14.2. The smallest absolute Gasteiger partial charge is 0.267 e. The maximum Gasteiger partial charge on any atom is 0.267 e. The summed E-state index contributed by atoms with van der Waals surface area (Å²) in [5, 5.41) is 3.14. The number of hydrogen-bond acceptors (Lipinski definition) is 4. The van der Waals surface area contributed by atoms with Crippen molar-refractivity contribution in [1.29, 1.82) is 0 Å². The molecule has 2 aromatic rings. The van der Waals surface area contributed by atoms with Gasteiger partial charge in [-0.05, 0) is 36.6 Å². The molecule has 5 N–H and O–H groups in total. The molecule has 0 spiro atoms. The predicted molar refractivity (Wildman–Crippen MR) is 80.5 cm³/mol. The fourth-order valence-corrected chi connectivity index (χ4v) is 1.95. The van der Waals surface area contributed by atoms with Gasteiger partial charge < -0.3 is 16.8 Å². The van der Waals surface area contributed by atoms with Gasteiger partial charge in [0.1, 0.15) is 11.5 Å². The van der Waals surface area contributed by atoms with Crippen molar-refractivity contribution in [3.8, 4) is 0 Å². The number of nitrogens with two attached hydrogens (primary N) is 2. The Hall–Kier alpha value is -2.56. The van der Waals surface area contributed by atoms with Crippen LogP contribution in [-0.2, 0) is 6.42 Å². The van der Waals surface area contributed by atoms with E-state index >= 15 is 0 Å². The van der Waals surface area contributed by atoms with E-state index < -0.39 is 5.91 Å². The van der Waals surface area contributed by atoms with Crippen molar-refractivity contribution < 1.29 is 4.79 Å². The molecule has 2 rings (SSSR count). The molecule has 1 amide bonds. The minimum absolute atomic E-state index is 0.206. The normalized spacial score (nSPS) is 10.2. The second-order valence-electron chi connectivity index (χ2n) is 4.60. The SMILES string of the molecule is Cc1ccccc1CCNc1nc(C(N)=O)ccc1N. The zero-order valence-corrected chi connectivity index (χ0v) is 11.4. The fraction of sp³-hybridized carbons (Fsp3) is 0.200. The van der Waals surface area contributed by atoms with Crippen LogP contribution in [-0.4, -0.2) is 17.4 Å². The van der Waals surface area contributed by atoms with Gasteiger partial charge in [0.05, 0.1) is 5.69 Å². The number of carbonyl (C=O) groups is 1. The molecule has 0 fully saturated rings. The van der Waals surface area contributed by atoms with Crippen molar-refractivity contribution in [2.24, 2.45) is 5.73 Å². The van der Waals surface area contributed by atoms with Crippen LogP contribution in [0.25, 0.3) is 0 Å². The summed E-state index contributed by atoms with van der Waals surface area (Å²) >= 11 is 0. The van der Waals surface area contributed by atoms with E-state index in [9.17, 15) is 4.79 Å². The number of anilines is 2. The van der Waals surface area contributed by atoms with Crippen LogP contribution in [0.5, 0.6) is 0 Å². The number of carbonyl (C=O) groups excluding carboxylic acids is 1. The van der Waals surface area contributed by atoms with Crippen LogP contribution < -0.4 is 16.8 Å². The zero-order chi connectivity index (χ0) is 14.5. The molecule has 0 bridgehead atoms. The Labute approximate surface area is 118 Å². The fourth-order valence-electron chi connectivity index (χ4n) is 1.95. The average molecular weight is 270 g/mol. The largest absolute Gasteiger partial charge is 0.396 e. The number of nitrogens with one attached hydrogen (secondary N) is 1. The monoisotopic (exact) mass is 270 g/mol. The standard InChI is InChI=1S/C15H18N4O/c1-10-4-2-3-5-11(10)8-9-18-15-12(16)6-7-13(19-15)14(17)20/h2-7H,8-9,16H2,1H3,(H2,17,20)(H,18,19). The molecule has 1 aromatic carbocycles. The van der Waals surface area contributed by atoms with Crippen molar-refractivity contribution in [1.82, 2.24) is 4.98 Å². The molecule has 5 heteroatoms. The lowest BCUT2D eigenvalue weighted by molar-refractivity contribution is 0.0996. The van der Waals surface area contributed by atoms with E-state index in [-0.39, 0.29) is 5.69 Å². The lowest BCUT2D eigenvalue weighted by Gasteiger charge is -2.10. The van der Waals surface area contributed by atoms with Crippen LogP contribution in [0.2, 0.25) is 0 Å². The third kappa shape index (κ3) is 3.26. The van der Waals surface area contributed by atoms with Crippen molar-refractivity contribution in [2.45, 2.75) is 13.3 Å². The highest BCUT2D eigenvalue weighted by molar-refractivity contribution is 5.91. The lowest BCUT2D eigenvalue weighted by atomic mass is 10.1. The first-order valence-electron chi connectivity index (χ1n) is 6.42. The first kappa shape index (κ1) is 13.9. The highest BCUT2D eigenvalue weighted by Gasteiger charge is 2.07. The van der Waals surface area contributed by atoms with E-state index in [4.69, 9.17) is 11.5 Å². The highest BCUT2D eigenvalue weighted by atomic mass is 16.1. The van der Waals surface area contributed by atoms with Crippen molar-refractivity contribution in [3.63, 3.8) is 0 Å². The molecule has 0 saturated heterocycles. The van der Waals surface area contributed by atoms with Crippen LogP contribution >= 0.6 is 0 Å². The van der Waals surface area contributed by atoms with Gasteiger partial charge in [0, 0.05) is 6.54 Å². The topological polar surface area (TPSA) is 94.0 Å². The Balaban J connectivity index is 2.02. The number of hydrogen-bond donors (Lipinski definition) is 3. The van der Waals surface area contributed by atoms with Gasteiger partial charge in [-0.25, -0.2) is 4.98 Å². The molecule has 1 aromatic heterocycles. The van der Waals surface area contributed by atoms with Crippen LogP contribution in [0.4, 0.5) is 11.5 Å². The third-order valence-electron chi connectivity index (χ3n) is 3.13. The Morgan fingerprint density at radius 2 is 2.00 bits per heavy atom. The molecule has 0 atom stereocenters. The average Bonchev–Trinajstić information content (AvgIpc) is 2.42. The van der Waals surface area contributed by atoms with E-state index in [1.807, 2.05) is 12.1 Å². The number of nitrogens with zero attached hydrogens (tertiary/aromatic N) is 1. The maximum atomic E-state index is 11.1. The number of amides is 1. The van der Waals surface area contributed by atoms with Gasteiger partial charge in [-0.2, -0.15) is 0 Å². The van der Waals surface area contributed by atoms with Crippen LogP contribution in [0.1, 0.15) is 21.6 Å². The Morgan fingerprint density at radius 3 is 2.70 bits per heavy atom. The first-order valence-corrected chi connectivity index (χ1v) is 6.42. The molecular formula is C15H18N4O. The second-order valence-corrected chi connectivity index (χ2v) is 4.60. The Morgan fingerprint density at radius 1 is 1.25 bits per heavy atom. The van der Waals surface area contributed by atoms with Gasteiger partial charge in [0.2, 0.25) is 0 Å². The second kappa shape index (κ2) is 6.06. The predicted octanol–water partition coefficient (Wildman–Crippen LogP) is 1.73. The van der Waals surface area contributed by atoms with Gasteiger partial charge in [-0.1, -0.05) is 24.3 Å². The highest BCUT2D eigenvalue weighted by Crippen LogP contribution is 2.16. The van der Waals surface area contributed by atoms with Crippen molar-refractivity contribution >= 4 is 17.4 Å². The van der Waals surface area contributed by atoms with E-state index in [0.29, 0.717) is 18.1 Å². The lowest BCUT2D eigenvalue weighted by Crippen LogP contribution is -2.16. The maximum absolute atomic E-state index is 11.1. The number of primary amides is 1. The number of aromatic nitrogens is 1. The molecule has 0 aliphatic carbocycles. The Bertz CT molecular complexity index is 625. The number of rotatable bonds is 5. The molecule has 0 aliphatic rings. The molecule has 20 heavy (non-hydrogen) atoms. The summed E-state index contributed by atoms with van der Waals surface area (Å²) in [5.74, 6) is -0.0677. The molecule has 0 aliphatic heterocycles. The summed E-state index contributed by atoms with van der Waals surface area (Å²) in [6, 6.07) is 11.3. The number of nitrogen functional groups attached to an aromatic ring is 1. The van der Waals surface area contributed by atoms with E-state index in [1.54, 1.807) is 6.07 Å². The van der Waals surface area contributed by atoms with Crippen LogP contribution in [0.15, 0.2) is 36.4 Å². The quantitative estimate of drug-likeness (QED) is 0.771. The molecule has 1 heterocycles. The molecule has 0 radical (unpaired) electrons. The molecule has 0 saturated carbocycles. The minimum atomic E-state index is -0.563. The third-order valence-corrected chi connectivity index (χ3v) is 3.13. The number of pyridine rings is 1. The molecule has 0 unspecified atom stereocenters. The van der Waals surface area contributed by atoms with Crippen LogP contribution in [0.3, 0.4) is 0 Å². The number of aryl methyl sites for hydroxylation is 1. The molecule has 104 valence electrons. The van der Waals surface area contributed by atoms with Gasteiger partial charge in [0.25, 0.3) is 5.91 Å². The van der Waals surface area contributed by atoms with Gasteiger partial charge in [-0.3, -0.25) is 4.79 Å². The van der Waals surface area contributed by atoms with Crippen molar-refractivity contribution in [2.75, 3.05) is 17.6 Å². The summed E-state index contributed by atoms with van der Waals surface area (Å²) in [6.07, 6.45) is 0.856. The first-order chi connectivity index (χ1) is 9.58. The van der Waals surface area contributed by atoms with Gasteiger partial charge in [-0.15, -0.1) is 0 Å². The van der Waals surface area contributed by atoms with Gasteiger partial charge in [0.15, 0.2) is 0 Å². The Kier molecular flexibility index (Phi) is 4.20. The van der Waals surface area contributed by atoms with Crippen LogP contribution in [0, 0.1) is 6.92 Å². The summed E-state index contributed by atoms with van der Waals surface area (Å²) < 4.78 is 0. The van der Waals surface area contributed by atoms with E-state index in [0.717, 1.165) is 6.42 Å². The zero-order valence-electron chi connectivity index (χ0n) is 11.4. The van der Waals surface area contributed by atoms with E-state index in [2.05, 4.69) is 29.4 Å². The van der Waals surface area contributed by atoms with E-state index in [1.165, 1.54) is 17.2 Å². The molecule has 5 nitrogen and oxygen atoms in total. The molecular weight excluding hydrogens is 252 g/mol. The van der Waals surface area contributed by atoms with Gasteiger partial charge >= 0.3 is 0 Å². The summed E-state index contributed by atoms with van der Waals surface area (Å²) in [7, 11) is 0. The number of benzene rings is 1. The summed E-state index contributed by atoms with van der Waals surface area (Å²) in [6.45, 7) is 2.76. The minimum Gasteiger partial charge on any atom is -0.396 e. The summed E-state index contributed by atoms with van der Waals surface area (Å²) in [4.78, 5) is 15.2.